The second kappa shape index (κ2) is 13.2. The number of rotatable bonds is 14. The number of aromatic nitrogens is 3. The Labute approximate surface area is 227 Å². The van der Waals surface area contributed by atoms with Crippen molar-refractivity contribution in [2.75, 3.05) is 0 Å². The van der Waals surface area contributed by atoms with E-state index in [0.717, 1.165) is 11.1 Å². The molecule has 7 N–H and O–H groups in total. The third-order valence-corrected chi connectivity index (χ3v) is 6.15. The maximum atomic E-state index is 12.6. The SMILES string of the molecule is Cc1nc(O)c2c(CCc3ccc(C(=O)N[C@@H](CCC(=O)N[C@@H](CCC(=O)O)C(=O)O)C(=O)O)cc3)c[nH]c2n1. The summed E-state index contributed by atoms with van der Waals surface area (Å²) in [5.74, 6) is -5.12. The minimum Gasteiger partial charge on any atom is -0.493 e. The molecular formula is C26H29N5O9. The van der Waals surface area contributed by atoms with Gasteiger partial charge in [0, 0.05) is 24.6 Å². The Morgan fingerprint density at radius 3 is 2.12 bits per heavy atom. The Balaban J connectivity index is 1.54. The average Bonchev–Trinajstić information content (AvgIpc) is 3.30. The highest BCUT2D eigenvalue weighted by Crippen LogP contribution is 2.26. The summed E-state index contributed by atoms with van der Waals surface area (Å²) in [6.45, 7) is 1.68. The van der Waals surface area contributed by atoms with Crippen LogP contribution in [0.5, 0.6) is 5.88 Å². The van der Waals surface area contributed by atoms with E-state index in [1.807, 2.05) is 0 Å². The van der Waals surface area contributed by atoms with Gasteiger partial charge in [0.05, 0.1) is 5.39 Å². The summed E-state index contributed by atoms with van der Waals surface area (Å²) >= 11 is 0. The van der Waals surface area contributed by atoms with Gasteiger partial charge >= 0.3 is 17.9 Å². The monoisotopic (exact) mass is 555 g/mol. The maximum Gasteiger partial charge on any atom is 0.326 e. The molecule has 0 radical (unpaired) electrons. The molecule has 1 aromatic carbocycles. The molecule has 14 heteroatoms. The van der Waals surface area contributed by atoms with Crippen LogP contribution in [0.4, 0.5) is 0 Å². The first kappa shape index (κ1) is 29.5. The highest BCUT2D eigenvalue weighted by atomic mass is 16.4. The lowest BCUT2D eigenvalue weighted by Crippen LogP contribution is -2.44. The van der Waals surface area contributed by atoms with Crippen LogP contribution in [-0.4, -0.2) is 77.2 Å². The second-order valence-corrected chi connectivity index (χ2v) is 9.12. The topological polar surface area (TPSA) is 232 Å². The average molecular weight is 556 g/mol. The normalized spacial score (nSPS) is 12.4. The molecule has 0 spiro atoms. The van der Waals surface area contributed by atoms with Gasteiger partial charge in [-0.25, -0.2) is 14.6 Å². The number of H-pyrrole nitrogens is 1. The highest BCUT2D eigenvalue weighted by molar-refractivity contribution is 5.96. The molecule has 0 saturated heterocycles. The van der Waals surface area contributed by atoms with Crippen molar-refractivity contribution in [2.45, 2.75) is 57.5 Å². The maximum absolute atomic E-state index is 12.6. The number of hydrogen-bond donors (Lipinski definition) is 7. The number of carboxylic acid groups (broad SMARTS) is 3. The van der Waals surface area contributed by atoms with Crippen molar-refractivity contribution < 1.29 is 44.4 Å². The van der Waals surface area contributed by atoms with Gasteiger partial charge in [-0.05, 0) is 55.9 Å². The fourth-order valence-corrected chi connectivity index (χ4v) is 4.05. The van der Waals surface area contributed by atoms with Crippen molar-refractivity contribution in [1.29, 1.82) is 0 Å². The molecule has 0 aliphatic carbocycles. The summed E-state index contributed by atoms with van der Waals surface area (Å²) in [6.07, 6.45) is 1.39. The zero-order valence-corrected chi connectivity index (χ0v) is 21.5. The van der Waals surface area contributed by atoms with Crippen molar-refractivity contribution in [2.24, 2.45) is 0 Å². The van der Waals surface area contributed by atoms with Gasteiger partial charge in [-0.2, -0.15) is 4.98 Å². The Morgan fingerprint density at radius 1 is 0.875 bits per heavy atom. The minimum atomic E-state index is -1.43. The fraction of sp³-hybridized carbons (Fsp3) is 0.346. The molecule has 3 rings (SSSR count). The van der Waals surface area contributed by atoms with Crippen LogP contribution in [0, 0.1) is 6.92 Å². The van der Waals surface area contributed by atoms with Crippen LogP contribution in [0.1, 0.15) is 53.0 Å². The number of fused-ring (bicyclic) bond motifs is 1. The predicted molar refractivity (Wildman–Crippen MR) is 139 cm³/mol. The van der Waals surface area contributed by atoms with Gasteiger partial charge < -0.3 is 36.0 Å². The van der Waals surface area contributed by atoms with Gasteiger partial charge in [-0.3, -0.25) is 14.4 Å². The van der Waals surface area contributed by atoms with Crippen LogP contribution in [0.25, 0.3) is 11.0 Å². The minimum absolute atomic E-state index is 0.101. The summed E-state index contributed by atoms with van der Waals surface area (Å²) in [6, 6.07) is 3.66. The number of benzene rings is 1. The van der Waals surface area contributed by atoms with E-state index >= 15 is 0 Å². The van der Waals surface area contributed by atoms with Gasteiger partial charge in [0.2, 0.25) is 11.8 Å². The first-order valence-electron chi connectivity index (χ1n) is 12.3. The van der Waals surface area contributed by atoms with Crippen molar-refractivity contribution in [3.05, 3.63) is 53.0 Å². The van der Waals surface area contributed by atoms with Crippen LogP contribution in [0.15, 0.2) is 30.5 Å². The van der Waals surface area contributed by atoms with E-state index in [1.54, 1.807) is 25.3 Å². The van der Waals surface area contributed by atoms with E-state index in [2.05, 4.69) is 25.6 Å². The molecule has 14 nitrogen and oxygen atoms in total. The second-order valence-electron chi connectivity index (χ2n) is 9.12. The van der Waals surface area contributed by atoms with Crippen LogP contribution in [-0.2, 0) is 32.0 Å². The molecule has 0 saturated carbocycles. The molecule has 0 aliphatic rings. The van der Waals surface area contributed by atoms with E-state index in [9.17, 15) is 34.2 Å². The summed E-state index contributed by atoms with van der Waals surface area (Å²) in [5.41, 5.74) is 2.46. The number of hydrogen-bond acceptors (Lipinski definition) is 8. The third kappa shape index (κ3) is 7.99. The van der Waals surface area contributed by atoms with Crippen molar-refractivity contribution >= 4 is 40.8 Å². The van der Waals surface area contributed by atoms with E-state index in [0.29, 0.717) is 29.7 Å². The summed E-state index contributed by atoms with van der Waals surface area (Å²) in [5, 5.41) is 42.5. The van der Waals surface area contributed by atoms with Gasteiger partial charge in [0.25, 0.3) is 5.91 Å². The van der Waals surface area contributed by atoms with Crippen molar-refractivity contribution in [3.63, 3.8) is 0 Å². The molecule has 2 heterocycles. The number of amides is 2. The lowest BCUT2D eigenvalue weighted by atomic mass is 10.0. The quantitative estimate of drug-likeness (QED) is 0.149. The predicted octanol–water partition coefficient (Wildman–Crippen LogP) is 1.15. The fourth-order valence-electron chi connectivity index (χ4n) is 4.05. The molecule has 3 aromatic rings. The molecule has 0 bridgehead atoms. The molecular weight excluding hydrogens is 526 g/mol. The van der Waals surface area contributed by atoms with Crippen LogP contribution < -0.4 is 10.6 Å². The Kier molecular flexibility index (Phi) is 9.73. The number of aromatic amines is 1. The third-order valence-electron chi connectivity index (χ3n) is 6.15. The molecule has 2 aromatic heterocycles. The van der Waals surface area contributed by atoms with Crippen LogP contribution in [0.3, 0.4) is 0 Å². The standard InChI is InChI=1S/C26H29N5O9/c1-13-28-22-21(24(36)29-13)16(12-27-22)7-4-14-2-5-15(6-3-14)23(35)31-18(26(39)40)8-10-19(32)30-17(25(37)38)9-11-20(33)34/h2-3,5-6,12,17-18H,4,7-11H2,1H3,(H,30,32)(H,31,35)(H,33,34)(H,37,38)(H,39,40)(H2,27,28,29,36)/t17-,18-/m0/s1. The first-order valence-corrected chi connectivity index (χ1v) is 12.3. The van der Waals surface area contributed by atoms with E-state index < -0.39 is 54.6 Å². The molecule has 0 unspecified atom stereocenters. The van der Waals surface area contributed by atoms with E-state index in [4.69, 9.17) is 10.2 Å². The van der Waals surface area contributed by atoms with E-state index in [1.165, 1.54) is 12.1 Å². The summed E-state index contributed by atoms with van der Waals surface area (Å²) < 4.78 is 0. The Morgan fingerprint density at radius 2 is 1.50 bits per heavy atom. The summed E-state index contributed by atoms with van der Waals surface area (Å²) in [4.78, 5) is 69.5. The van der Waals surface area contributed by atoms with E-state index in [-0.39, 0.29) is 24.3 Å². The Bertz CT molecular complexity index is 1420. The number of aromatic hydroxyl groups is 1. The number of carbonyl (C=O) groups is 5. The van der Waals surface area contributed by atoms with Gasteiger partial charge in [0.15, 0.2) is 0 Å². The molecule has 2 amide bonds. The zero-order chi connectivity index (χ0) is 29.4. The molecule has 212 valence electrons. The number of aliphatic carboxylic acids is 3. The van der Waals surface area contributed by atoms with Crippen LogP contribution in [0.2, 0.25) is 0 Å². The number of carbonyl (C=O) groups excluding carboxylic acids is 2. The largest absolute Gasteiger partial charge is 0.493 e. The smallest absolute Gasteiger partial charge is 0.326 e. The van der Waals surface area contributed by atoms with Crippen molar-refractivity contribution in [1.82, 2.24) is 25.6 Å². The lowest BCUT2D eigenvalue weighted by molar-refractivity contribution is -0.143. The number of aryl methyl sites for hydroxylation is 3. The van der Waals surface area contributed by atoms with Crippen molar-refractivity contribution in [3.8, 4) is 5.88 Å². The zero-order valence-electron chi connectivity index (χ0n) is 21.5. The Hall–Kier alpha value is -5.01. The van der Waals surface area contributed by atoms with Gasteiger partial charge in [0.1, 0.15) is 23.6 Å². The molecule has 2 atom stereocenters. The molecule has 0 aliphatic heterocycles. The highest BCUT2D eigenvalue weighted by Gasteiger charge is 2.25. The molecule has 40 heavy (non-hydrogen) atoms. The van der Waals surface area contributed by atoms with Crippen LogP contribution >= 0.6 is 0 Å². The van der Waals surface area contributed by atoms with Gasteiger partial charge in [-0.15, -0.1) is 0 Å². The number of carboxylic acids is 3. The first-order chi connectivity index (χ1) is 18.9. The number of nitrogens with one attached hydrogen (secondary N) is 3. The lowest BCUT2D eigenvalue weighted by Gasteiger charge is -2.16. The number of nitrogens with zero attached hydrogens (tertiary/aromatic N) is 2. The van der Waals surface area contributed by atoms with Gasteiger partial charge in [-0.1, -0.05) is 12.1 Å². The summed E-state index contributed by atoms with van der Waals surface area (Å²) in [7, 11) is 0. The molecule has 0 fully saturated rings.